The van der Waals surface area contributed by atoms with Crippen molar-refractivity contribution in [1.29, 1.82) is 0 Å². The van der Waals surface area contributed by atoms with Gasteiger partial charge in [-0.2, -0.15) is 9.37 Å². The fraction of sp³-hybridized carbons (Fsp3) is 0.381. The number of carbonyl (C=O) groups excluding carboxylic acids is 2. The molecule has 7 nitrogen and oxygen atoms in total. The number of likely N-dealkylation sites (tertiary alicyclic amines) is 1. The number of hydrogen-bond donors (Lipinski definition) is 0. The van der Waals surface area contributed by atoms with Crippen LogP contribution in [0, 0.1) is 11.9 Å². The molecular formula is C21H22FN3O4. The second-order valence-corrected chi connectivity index (χ2v) is 7.19. The lowest BCUT2D eigenvalue weighted by Crippen LogP contribution is -2.37. The fourth-order valence-corrected chi connectivity index (χ4v) is 3.87. The summed E-state index contributed by atoms with van der Waals surface area (Å²) in [5.41, 5.74) is 0.676. The maximum Gasteiger partial charge on any atom is 0.228 e. The molecule has 0 saturated carbocycles. The number of hydrogen-bond acceptors (Lipinski definition) is 5. The van der Waals surface area contributed by atoms with Crippen LogP contribution in [0.3, 0.4) is 0 Å². The molecule has 29 heavy (non-hydrogen) atoms. The summed E-state index contributed by atoms with van der Waals surface area (Å²) in [6.07, 6.45) is 0.571. The first-order chi connectivity index (χ1) is 14.0. The van der Waals surface area contributed by atoms with Crippen LogP contribution in [-0.4, -0.2) is 54.5 Å². The summed E-state index contributed by atoms with van der Waals surface area (Å²) < 4.78 is 24.3. The number of carbonyl (C=O) groups is 2. The Morgan fingerprint density at radius 3 is 2.79 bits per heavy atom. The summed E-state index contributed by atoms with van der Waals surface area (Å²) in [5.74, 6) is -0.348. The number of benzene rings is 1. The van der Waals surface area contributed by atoms with Gasteiger partial charge in [0.2, 0.25) is 23.6 Å². The molecular weight excluding hydrogens is 377 g/mol. The molecule has 152 valence electrons. The molecule has 2 aromatic rings. The quantitative estimate of drug-likeness (QED) is 0.722. The minimum Gasteiger partial charge on any atom is -0.495 e. The molecule has 3 heterocycles. The van der Waals surface area contributed by atoms with E-state index in [2.05, 4.69) is 4.98 Å². The number of ether oxygens (including phenoxy) is 2. The van der Waals surface area contributed by atoms with Crippen LogP contribution in [0.5, 0.6) is 11.6 Å². The van der Waals surface area contributed by atoms with Crippen molar-refractivity contribution in [1.82, 2.24) is 9.88 Å². The molecule has 4 rings (SSSR count). The number of nitrogens with zero attached hydrogens (tertiary/aromatic N) is 3. The van der Waals surface area contributed by atoms with Crippen molar-refractivity contribution < 1.29 is 23.5 Å². The summed E-state index contributed by atoms with van der Waals surface area (Å²) in [6.45, 7) is 1.26. The van der Waals surface area contributed by atoms with Crippen LogP contribution in [0.2, 0.25) is 0 Å². The van der Waals surface area contributed by atoms with E-state index in [1.807, 2.05) is 18.2 Å². The van der Waals surface area contributed by atoms with Crippen LogP contribution >= 0.6 is 0 Å². The first-order valence-corrected chi connectivity index (χ1v) is 9.56. The molecule has 0 aliphatic carbocycles. The lowest BCUT2D eigenvalue weighted by Gasteiger charge is -2.22. The third kappa shape index (κ3) is 4.01. The van der Waals surface area contributed by atoms with Gasteiger partial charge in [0.05, 0.1) is 25.3 Å². The van der Waals surface area contributed by atoms with Crippen molar-refractivity contribution in [3.05, 3.63) is 48.4 Å². The van der Waals surface area contributed by atoms with E-state index in [-0.39, 0.29) is 30.2 Å². The van der Waals surface area contributed by atoms with Crippen molar-refractivity contribution in [2.24, 2.45) is 5.92 Å². The zero-order chi connectivity index (χ0) is 20.4. The topological polar surface area (TPSA) is 72.0 Å². The van der Waals surface area contributed by atoms with Crippen molar-refractivity contribution in [3.8, 4) is 11.6 Å². The largest absolute Gasteiger partial charge is 0.495 e. The van der Waals surface area contributed by atoms with Crippen LogP contribution in [0.4, 0.5) is 10.1 Å². The molecule has 2 amide bonds. The summed E-state index contributed by atoms with van der Waals surface area (Å²) >= 11 is 0. The van der Waals surface area contributed by atoms with Gasteiger partial charge in [-0.25, -0.2) is 0 Å². The Labute approximate surface area is 168 Å². The van der Waals surface area contributed by atoms with E-state index in [0.717, 1.165) is 0 Å². The number of rotatable bonds is 5. The van der Waals surface area contributed by atoms with E-state index in [4.69, 9.17) is 9.47 Å². The number of para-hydroxylation sites is 2. The highest BCUT2D eigenvalue weighted by molar-refractivity contribution is 6.01. The first-order valence-electron chi connectivity index (χ1n) is 9.56. The van der Waals surface area contributed by atoms with Crippen molar-refractivity contribution in [2.45, 2.75) is 18.9 Å². The molecule has 8 heteroatoms. The van der Waals surface area contributed by atoms with Crippen LogP contribution in [0.25, 0.3) is 0 Å². The number of amides is 2. The normalized spacial score (nSPS) is 21.5. The molecule has 2 aliphatic rings. The van der Waals surface area contributed by atoms with Crippen LogP contribution in [-0.2, 0) is 9.59 Å². The van der Waals surface area contributed by atoms with E-state index < -0.39 is 11.9 Å². The van der Waals surface area contributed by atoms with Gasteiger partial charge in [0.15, 0.2) is 0 Å². The van der Waals surface area contributed by atoms with Gasteiger partial charge >= 0.3 is 0 Å². The maximum absolute atomic E-state index is 13.2. The van der Waals surface area contributed by atoms with E-state index in [9.17, 15) is 14.0 Å². The molecule has 1 aromatic heterocycles. The third-order valence-electron chi connectivity index (χ3n) is 5.28. The smallest absolute Gasteiger partial charge is 0.228 e. The van der Waals surface area contributed by atoms with Gasteiger partial charge in [-0.3, -0.25) is 9.59 Å². The summed E-state index contributed by atoms with van der Waals surface area (Å²) in [6, 6.07) is 11.7. The average Bonchev–Trinajstić information content (AvgIpc) is 3.34. The highest BCUT2D eigenvalue weighted by Gasteiger charge is 2.40. The molecule has 2 atom stereocenters. The summed E-state index contributed by atoms with van der Waals surface area (Å²) in [5, 5.41) is 0. The Morgan fingerprint density at radius 1 is 1.17 bits per heavy atom. The first kappa shape index (κ1) is 19.2. The van der Waals surface area contributed by atoms with Gasteiger partial charge in [0.1, 0.15) is 11.9 Å². The Kier molecular flexibility index (Phi) is 5.33. The zero-order valence-electron chi connectivity index (χ0n) is 16.1. The number of methoxy groups -OCH3 is 1. The number of anilines is 1. The van der Waals surface area contributed by atoms with E-state index >= 15 is 0 Å². The van der Waals surface area contributed by atoms with Gasteiger partial charge in [0, 0.05) is 32.0 Å². The van der Waals surface area contributed by atoms with Crippen molar-refractivity contribution in [2.75, 3.05) is 31.6 Å². The van der Waals surface area contributed by atoms with Crippen molar-refractivity contribution in [3.63, 3.8) is 0 Å². The van der Waals surface area contributed by atoms with Crippen molar-refractivity contribution >= 4 is 17.5 Å². The lowest BCUT2D eigenvalue weighted by atomic mass is 10.1. The average molecular weight is 399 g/mol. The summed E-state index contributed by atoms with van der Waals surface area (Å²) in [7, 11) is 1.56. The SMILES string of the molecule is COc1ccccc1N1CC(C(=O)N2CCC(Oc3cccc(F)n3)C2)CC1=O. The predicted octanol–water partition coefficient (Wildman–Crippen LogP) is 2.26. The molecule has 0 spiro atoms. The molecule has 0 radical (unpaired) electrons. The lowest BCUT2D eigenvalue weighted by molar-refractivity contribution is -0.135. The highest BCUT2D eigenvalue weighted by atomic mass is 19.1. The van der Waals surface area contributed by atoms with Gasteiger partial charge in [-0.15, -0.1) is 0 Å². The molecule has 0 N–H and O–H groups in total. The Bertz CT molecular complexity index is 922. The maximum atomic E-state index is 13.2. The molecule has 0 bridgehead atoms. The van der Waals surface area contributed by atoms with Gasteiger partial charge in [0.25, 0.3) is 0 Å². The van der Waals surface area contributed by atoms with E-state index in [1.165, 1.54) is 12.1 Å². The third-order valence-corrected chi connectivity index (χ3v) is 5.28. The Morgan fingerprint density at radius 2 is 2.00 bits per heavy atom. The van der Waals surface area contributed by atoms with Gasteiger partial charge < -0.3 is 19.3 Å². The highest BCUT2D eigenvalue weighted by Crippen LogP contribution is 2.33. The second kappa shape index (κ2) is 8.06. The minimum absolute atomic E-state index is 0.0611. The molecule has 2 fully saturated rings. The summed E-state index contributed by atoms with van der Waals surface area (Å²) in [4.78, 5) is 32.5. The number of aromatic nitrogens is 1. The number of halogens is 1. The molecule has 1 aromatic carbocycles. The van der Waals surface area contributed by atoms with Crippen LogP contribution in [0.1, 0.15) is 12.8 Å². The standard InChI is InChI=1S/C21H22FN3O4/c1-28-17-6-3-2-5-16(17)25-12-14(11-20(25)26)21(27)24-10-9-15(13-24)29-19-8-4-7-18(22)23-19/h2-8,14-15H,9-13H2,1H3. The van der Waals surface area contributed by atoms with Crippen LogP contribution < -0.4 is 14.4 Å². The Hall–Kier alpha value is -3.16. The molecule has 2 unspecified atom stereocenters. The van der Waals surface area contributed by atoms with E-state index in [1.54, 1.807) is 29.0 Å². The Balaban J connectivity index is 1.38. The second-order valence-electron chi connectivity index (χ2n) is 7.19. The van der Waals surface area contributed by atoms with Gasteiger partial charge in [-0.1, -0.05) is 18.2 Å². The molecule has 2 saturated heterocycles. The monoisotopic (exact) mass is 399 g/mol. The zero-order valence-corrected chi connectivity index (χ0v) is 16.1. The minimum atomic E-state index is -0.602. The van der Waals surface area contributed by atoms with E-state index in [0.29, 0.717) is 37.5 Å². The number of pyridine rings is 1. The van der Waals surface area contributed by atoms with Gasteiger partial charge in [-0.05, 0) is 18.2 Å². The molecule has 2 aliphatic heterocycles. The fourth-order valence-electron chi connectivity index (χ4n) is 3.87. The predicted molar refractivity (Wildman–Crippen MR) is 103 cm³/mol. The van der Waals surface area contributed by atoms with Crippen LogP contribution in [0.15, 0.2) is 42.5 Å².